The average Bonchev–Trinajstić information content (AvgIpc) is 3.57. The number of amidine groups is 2. The third-order valence-corrected chi connectivity index (χ3v) is 6.62. The highest BCUT2D eigenvalue weighted by atomic mass is 35.5. The molecule has 0 atom stereocenters. The van der Waals surface area contributed by atoms with Gasteiger partial charge in [-0.25, -0.2) is 0 Å². The van der Waals surface area contributed by atoms with Crippen molar-refractivity contribution in [2.24, 2.45) is 9.98 Å². The van der Waals surface area contributed by atoms with Crippen LogP contribution in [0.15, 0.2) is 76.7 Å². The number of halogens is 1. The number of carbonyl (C=O) groups is 2. The van der Waals surface area contributed by atoms with Gasteiger partial charge in [-0.1, -0.05) is 0 Å². The summed E-state index contributed by atoms with van der Waals surface area (Å²) in [6.45, 7) is 3.20. The number of hydrogen-bond acceptors (Lipinski definition) is 8. The van der Waals surface area contributed by atoms with Crippen molar-refractivity contribution in [3.63, 3.8) is 0 Å². The Hall–Kier alpha value is -4.77. The quantitative estimate of drug-likeness (QED) is 0.319. The van der Waals surface area contributed by atoms with Gasteiger partial charge in [-0.15, -0.1) is 0 Å². The van der Waals surface area contributed by atoms with E-state index in [0.717, 1.165) is 55.0 Å². The molecule has 40 heavy (non-hydrogen) atoms. The van der Waals surface area contributed by atoms with Crippen LogP contribution in [-0.4, -0.2) is 78.5 Å². The minimum absolute atomic E-state index is 0. The first-order valence-corrected chi connectivity index (χ1v) is 12.4. The van der Waals surface area contributed by atoms with E-state index in [-0.39, 0.29) is 23.5 Å². The average molecular weight is 561 g/mol. The third kappa shape index (κ3) is 5.94. The molecule has 2 aliphatic rings. The number of nitro groups is 1. The summed E-state index contributed by atoms with van der Waals surface area (Å²) in [6, 6.07) is 18.1. The summed E-state index contributed by atoms with van der Waals surface area (Å²) in [6.07, 6.45) is 0. The second-order valence-corrected chi connectivity index (χ2v) is 9.31. The van der Waals surface area contributed by atoms with E-state index < -0.39 is 22.4 Å². The number of nitrogens with one attached hydrogen (secondary N) is 2. The van der Waals surface area contributed by atoms with Gasteiger partial charge in [0.25, 0.3) is 17.5 Å². The van der Waals surface area contributed by atoms with Crippen molar-refractivity contribution in [2.45, 2.75) is 0 Å². The topological polar surface area (TPSA) is 133 Å². The van der Waals surface area contributed by atoms with Crippen LogP contribution in [0.4, 0.5) is 17.1 Å². The maximum Gasteiger partial charge on any atom is 0.282 e. The van der Waals surface area contributed by atoms with Gasteiger partial charge >= 0.3 is 0 Å². The van der Waals surface area contributed by atoms with Gasteiger partial charge in [-0.05, 0) is 60.7 Å². The molecule has 3 aromatic rings. The number of amides is 2. The molecule has 0 unspecified atom stereocenters. The summed E-state index contributed by atoms with van der Waals surface area (Å²) in [4.78, 5) is 49.9. The largest absolute Gasteiger partial charge is 1.00 e. The molecule has 2 amide bonds. The number of anilines is 2. The molecule has 0 saturated carbocycles. The van der Waals surface area contributed by atoms with E-state index in [4.69, 9.17) is 0 Å². The lowest BCUT2D eigenvalue weighted by Crippen LogP contribution is -3.00. The summed E-state index contributed by atoms with van der Waals surface area (Å²) in [5, 5.41) is 17.2. The van der Waals surface area contributed by atoms with Crippen molar-refractivity contribution >= 4 is 40.5 Å². The standard InChI is InChI=1S/C28H27N7O4.ClH/c1-33-15-13-29-25(33)18-3-8-21(9-4-18)31-27(36)20-7-12-23(24(17-20)35(38)39)28(37)32-22-10-5-19(6-11-22)26-30-14-16-34(26)2;/h3-12,17H,13-16H2,1-2H3,(H,31,36)(H,32,37);1H/p-1. The van der Waals surface area contributed by atoms with Gasteiger partial charge in [0.2, 0.25) is 0 Å². The maximum atomic E-state index is 12.9. The number of nitro benzene ring substituents is 1. The molecule has 0 aliphatic carbocycles. The predicted octanol–water partition coefficient (Wildman–Crippen LogP) is 0.487. The number of rotatable bonds is 7. The van der Waals surface area contributed by atoms with Gasteiger partial charge in [0.05, 0.1) is 18.0 Å². The fourth-order valence-corrected chi connectivity index (χ4v) is 4.51. The summed E-state index contributed by atoms with van der Waals surface area (Å²) >= 11 is 0. The van der Waals surface area contributed by atoms with Crippen LogP contribution in [0.25, 0.3) is 0 Å². The molecule has 12 heteroatoms. The molecule has 0 radical (unpaired) electrons. The molecule has 2 heterocycles. The van der Waals surface area contributed by atoms with Crippen molar-refractivity contribution in [1.29, 1.82) is 0 Å². The second kappa shape index (κ2) is 12.0. The lowest BCUT2D eigenvalue weighted by molar-refractivity contribution is -0.385. The number of nitrogens with zero attached hydrogens (tertiary/aromatic N) is 5. The first kappa shape index (κ1) is 28.2. The first-order valence-electron chi connectivity index (χ1n) is 12.4. The molecule has 2 aliphatic heterocycles. The zero-order valence-corrected chi connectivity index (χ0v) is 22.7. The molecule has 11 nitrogen and oxygen atoms in total. The summed E-state index contributed by atoms with van der Waals surface area (Å²) in [5.74, 6) is 0.601. The van der Waals surface area contributed by atoms with Crippen LogP contribution < -0.4 is 23.0 Å². The van der Waals surface area contributed by atoms with Gasteiger partial charge in [-0.2, -0.15) is 0 Å². The lowest BCUT2D eigenvalue weighted by Gasteiger charge is -2.14. The van der Waals surface area contributed by atoms with Gasteiger partial charge < -0.3 is 32.8 Å². The number of aliphatic imine (C=N–C) groups is 2. The monoisotopic (exact) mass is 560 g/mol. The number of carbonyl (C=O) groups excluding carboxylic acids is 2. The van der Waals surface area contributed by atoms with E-state index >= 15 is 0 Å². The maximum absolute atomic E-state index is 12.9. The Bertz CT molecular complexity index is 1500. The molecule has 0 aromatic heterocycles. The normalized spacial score (nSPS) is 14.2. The van der Waals surface area contributed by atoms with E-state index in [9.17, 15) is 19.7 Å². The Balaban J connectivity index is 0.00000370. The van der Waals surface area contributed by atoms with Crippen molar-refractivity contribution in [3.05, 3.63) is 99.1 Å². The Labute approximate surface area is 237 Å². The fourth-order valence-electron chi connectivity index (χ4n) is 4.51. The fraction of sp³-hybridized carbons (Fsp3) is 0.214. The number of hydrogen-bond donors (Lipinski definition) is 2. The van der Waals surface area contributed by atoms with Crippen molar-refractivity contribution in [1.82, 2.24) is 9.80 Å². The summed E-state index contributed by atoms with van der Waals surface area (Å²) in [5.41, 5.74) is 2.33. The van der Waals surface area contributed by atoms with E-state index in [2.05, 4.69) is 25.5 Å². The highest BCUT2D eigenvalue weighted by Crippen LogP contribution is 2.24. The van der Waals surface area contributed by atoms with E-state index in [1.165, 1.54) is 12.1 Å². The SMILES string of the molecule is CN1CCN=C1c1ccc(NC(=O)c2ccc(C(=O)Nc3ccc(C4=NCCN4C)cc3)c([N+](=O)[O-])c2)cc1.[Cl-]. The van der Waals surface area contributed by atoms with Gasteiger partial charge in [0.1, 0.15) is 17.2 Å². The molecular weight excluding hydrogens is 534 g/mol. The van der Waals surface area contributed by atoms with Crippen LogP contribution in [-0.2, 0) is 0 Å². The smallest absolute Gasteiger partial charge is 0.282 e. The van der Waals surface area contributed by atoms with Crippen LogP contribution in [0.2, 0.25) is 0 Å². The van der Waals surface area contributed by atoms with Crippen molar-refractivity contribution in [3.8, 4) is 0 Å². The van der Waals surface area contributed by atoms with Crippen LogP contribution in [0.1, 0.15) is 31.8 Å². The lowest BCUT2D eigenvalue weighted by atomic mass is 10.1. The minimum atomic E-state index is -0.670. The molecule has 0 bridgehead atoms. The second-order valence-electron chi connectivity index (χ2n) is 9.31. The molecule has 206 valence electrons. The zero-order chi connectivity index (χ0) is 27.5. The van der Waals surface area contributed by atoms with Crippen molar-refractivity contribution < 1.29 is 26.9 Å². The summed E-state index contributed by atoms with van der Waals surface area (Å²) in [7, 11) is 3.94. The predicted molar refractivity (Wildman–Crippen MR) is 150 cm³/mol. The number of likely N-dealkylation sites (N-methyl/N-ethyl adjacent to an activating group) is 2. The molecule has 3 aromatic carbocycles. The van der Waals surface area contributed by atoms with Gasteiger partial charge in [-0.3, -0.25) is 29.7 Å². The van der Waals surface area contributed by atoms with E-state index in [1.807, 2.05) is 43.3 Å². The molecule has 5 rings (SSSR count). The van der Waals surface area contributed by atoms with Crippen LogP contribution in [0.5, 0.6) is 0 Å². The van der Waals surface area contributed by atoms with E-state index in [0.29, 0.717) is 11.4 Å². The Morgan fingerprint density at radius 1 is 0.775 bits per heavy atom. The van der Waals surface area contributed by atoms with Gasteiger partial charge in [0, 0.05) is 61.3 Å². The van der Waals surface area contributed by atoms with Crippen molar-refractivity contribution in [2.75, 3.05) is 50.9 Å². The molecular formula is C28H27ClN7O4-. The zero-order valence-electron chi connectivity index (χ0n) is 21.9. The minimum Gasteiger partial charge on any atom is -1.00 e. The first-order chi connectivity index (χ1) is 18.8. The van der Waals surface area contributed by atoms with Crippen LogP contribution >= 0.6 is 0 Å². The number of benzene rings is 3. The Kier molecular flexibility index (Phi) is 8.44. The van der Waals surface area contributed by atoms with Crippen LogP contribution in [0.3, 0.4) is 0 Å². The van der Waals surface area contributed by atoms with Crippen LogP contribution in [0, 0.1) is 10.1 Å². The molecule has 0 fully saturated rings. The summed E-state index contributed by atoms with van der Waals surface area (Å²) < 4.78 is 0. The highest BCUT2D eigenvalue weighted by Gasteiger charge is 2.23. The molecule has 0 spiro atoms. The molecule has 2 N–H and O–H groups in total. The van der Waals surface area contributed by atoms with E-state index in [1.54, 1.807) is 24.3 Å². The molecule has 0 saturated heterocycles. The highest BCUT2D eigenvalue weighted by molar-refractivity contribution is 6.10. The third-order valence-electron chi connectivity index (χ3n) is 6.62. The Morgan fingerprint density at radius 3 is 1.68 bits per heavy atom. The Morgan fingerprint density at radius 2 is 1.25 bits per heavy atom. The van der Waals surface area contributed by atoms with Gasteiger partial charge in [0.15, 0.2) is 0 Å².